The number of aryl methyl sites for hydroxylation is 1. The summed E-state index contributed by atoms with van der Waals surface area (Å²) in [5.74, 6) is 4.09. The van der Waals surface area contributed by atoms with Crippen LogP contribution in [0.5, 0.6) is 5.75 Å². The predicted molar refractivity (Wildman–Crippen MR) is 105 cm³/mol. The molecule has 1 unspecified atom stereocenters. The number of fused-ring (bicyclic) bond motifs is 1. The SMILES string of the molecule is COCOc1c(CCCCCC#C[Si](C)(C)C)ncc2c1C(OC)OC2. The van der Waals surface area contributed by atoms with E-state index < -0.39 is 14.4 Å². The minimum Gasteiger partial charge on any atom is -0.465 e. The maximum Gasteiger partial charge on any atom is 0.188 e. The molecule has 26 heavy (non-hydrogen) atoms. The highest BCUT2D eigenvalue weighted by molar-refractivity contribution is 6.83. The van der Waals surface area contributed by atoms with Gasteiger partial charge in [-0.25, -0.2) is 0 Å². The van der Waals surface area contributed by atoms with Crippen LogP contribution >= 0.6 is 0 Å². The number of hydrogen-bond acceptors (Lipinski definition) is 5. The van der Waals surface area contributed by atoms with Gasteiger partial charge in [0.1, 0.15) is 8.07 Å². The molecular weight excluding hydrogens is 346 g/mol. The molecule has 0 fully saturated rings. The molecule has 1 aliphatic heterocycles. The summed E-state index contributed by atoms with van der Waals surface area (Å²) in [5, 5.41) is 0. The van der Waals surface area contributed by atoms with Crippen LogP contribution in [-0.2, 0) is 27.2 Å². The van der Waals surface area contributed by atoms with Crippen molar-refractivity contribution in [1.29, 1.82) is 0 Å². The van der Waals surface area contributed by atoms with E-state index in [2.05, 4.69) is 36.1 Å². The fourth-order valence-corrected chi connectivity index (χ4v) is 3.52. The van der Waals surface area contributed by atoms with Crippen LogP contribution in [0.1, 0.15) is 48.8 Å². The number of rotatable bonds is 9. The molecule has 1 aromatic rings. The first-order valence-electron chi connectivity index (χ1n) is 9.23. The van der Waals surface area contributed by atoms with Crippen molar-refractivity contribution in [3.05, 3.63) is 23.0 Å². The molecule has 0 radical (unpaired) electrons. The molecule has 0 spiro atoms. The fourth-order valence-electron chi connectivity index (χ4n) is 2.86. The van der Waals surface area contributed by atoms with Crippen molar-refractivity contribution >= 4 is 8.07 Å². The van der Waals surface area contributed by atoms with Gasteiger partial charge in [-0.3, -0.25) is 4.98 Å². The van der Waals surface area contributed by atoms with Crippen molar-refractivity contribution in [2.75, 3.05) is 21.0 Å². The van der Waals surface area contributed by atoms with E-state index in [1.807, 2.05) is 6.20 Å². The minimum absolute atomic E-state index is 0.188. The maximum atomic E-state index is 5.83. The molecule has 2 heterocycles. The topological polar surface area (TPSA) is 49.8 Å². The van der Waals surface area contributed by atoms with Gasteiger partial charge in [0.05, 0.1) is 17.9 Å². The largest absolute Gasteiger partial charge is 0.465 e. The monoisotopic (exact) mass is 377 g/mol. The van der Waals surface area contributed by atoms with Crippen molar-refractivity contribution in [3.63, 3.8) is 0 Å². The van der Waals surface area contributed by atoms with Crippen LogP contribution in [0.3, 0.4) is 0 Å². The number of hydrogen-bond donors (Lipinski definition) is 0. The summed E-state index contributed by atoms with van der Waals surface area (Å²) < 4.78 is 22.0. The van der Waals surface area contributed by atoms with Gasteiger partial charge in [-0.1, -0.05) is 26.1 Å². The predicted octanol–water partition coefficient (Wildman–Crippen LogP) is 4.22. The molecule has 1 aromatic heterocycles. The van der Waals surface area contributed by atoms with Crippen LogP contribution in [0.2, 0.25) is 19.6 Å². The number of unbranched alkanes of at least 4 members (excludes halogenated alkanes) is 3. The standard InChI is InChI=1S/C20H31NO4Si/c1-22-15-25-19-17(11-9-7-6-8-10-12-26(3,4)5)21-13-16-14-24-20(23-2)18(16)19/h13,20H,6-9,11,14-15H2,1-5H3. The second kappa shape index (κ2) is 10.1. The van der Waals surface area contributed by atoms with Gasteiger partial charge < -0.3 is 18.9 Å². The van der Waals surface area contributed by atoms with Crippen molar-refractivity contribution in [2.45, 2.75) is 64.6 Å². The molecule has 0 bridgehead atoms. The number of aromatic nitrogens is 1. The molecule has 0 saturated heterocycles. The smallest absolute Gasteiger partial charge is 0.188 e. The third-order valence-corrected chi connectivity index (χ3v) is 5.00. The van der Waals surface area contributed by atoms with Gasteiger partial charge in [-0.2, -0.15) is 0 Å². The van der Waals surface area contributed by atoms with Gasteiger partial charge in [0.25, 0.3) is 0 Å². The Labute approximate surface area is 158 Å². The zero-order valence-electron chi connectivity index (χ0n) is 16.7. The average molecular weight is 378 g/mol. The third-order valence-electron chi connectivity index (χ3n) is 4.07. The van der Waals surface area contributed by atoms with Gasteiger partial charge in [-0.05, 0) is 19.3 Å². The van der Waals surface area contributed by atoms with Crippen molar-refractivity contribution in [2.24, 2.45) is 0 Å². The molecule has 1 atom stereocenters. The summed E-state index contributed by atoms with van der Waals surface area (Å²) in [6, 6.07) is 0. The minimum atomic E-state index is -1.24. The molecule has 0 aromatic carbocycles. The molecule has 0 amide bonds. The molecule has 0 N–H and O–H groups in total. The summed E-state index contributed by atoms with van der Waals surface area (Å²) in [5.41, 5.74) is 6.34. The van der Waals surface area contributed by atoms with Gasteiger partial charge in [-0.15, -0.1) is 11.5 Å². The number of pyridine rings is 1. The lowest BCUT2D eigenvalue weighted by atomic mass is 10.0. The zero-order chi connectivity index (χ0) is 19.0. The summed E-state index contributed by atoms with van der Waals surface area (Å²) in [7, 11) is 2.01. The van der Waals surface area contributed by atoms with Gasteiger partial charge in [0.2, 0.25) is 0 Å². The van der Waals surface area contributed by atoms with Crippen LogP contribution < -0.4 is 4.74 Å². The van der Waals surface area contributed by atoms with E-state index in [1.165, 1.54) is 0 Å². The number of ether oxygens (including phenoxy) is 4. The Morgan fingerprint density at radius 1 is 1.23 bits per heavy atom. The Morgan fingerprint density at radius 3 is 2.73 bits per heavy atom. The lowest BCUT2D eigenvalue weighted by Gasteiger charge is -2.17. The summed E-state index contributed by atoms with van der Waals surface area (Å²) >= 11 is 0. The Bertz CT molecular complexity index is 646. The summed E-state index contributed by atoms with van der Waals surface area (Å²) in [6.45, 7) is 7.52. The Hall–Kier alpha value is -1.39. The van der Waals surface area contributed by atoms with Gasteiger partial charge in [0.15, 0.2) is 18.8 Å². The van der Waals surface area contributed by atoms with E-state index in [-0.39, 0.29) is 6.79 Å². The van der Waals surface area contributed by atoms with Crippen LogP contribution in [-0.4, -0.2) is 34.1 Å². The first kappa shape index (κ1) is 20.9. The van der Waals surface area contributed by atoms with E-state index in [0.717, 1.165) is 54.7 Å². The average Bonchev–Trinajstić information content (AvgIpc) is 3.02. The molecular formula is C20H31NO4Si. The molecule has 0 aliphatic carbocycles. The van der Waals surface area contributed by atoms with E-state index in [9.17, 15) is 0 Å². The Kier molecular flexibility index (Phi) is 8.10. The molecule has 0 saturated carbocycles. The Balaban J connectivity index is 1.95. The third kappa shape index (κ3) is 6.10. The first-order chi connectivity index (χ1) is 12.5. The highest BCUT2D eigenvalue weighted by atomic mass is 28.3. The first-order valence-corrected chi connectivity index (χ1v) is 12.7. The lowest BCUT2D eigenvalue weighted by Crippen LogP contribution is -2.16. The van der Waals surface area contributed by atoms with Crippen LogP contribution in [0.15, 0.2) is 6.20 Å². The molecule has 144 valence electrons. The number of methoxy groups -OCH3 is 2. The number of nitrogens with zero attached hydrogens (tertiary/aromatic N) is 1. The highest BCUT2D eigenvalue weighted by Crippen LogP contribution is 2.39. The Morgan fingerprint density at radius 2 is 2.04 bits per heavy atom. The van der Waals surface area contributed by atoms with Crippen LogP contribution in [0.4, 0.5) is 0 Å². The van der Waals surface area contributed by atoms with Gasteiger partial charge in [0, 0.05) is 32.4 Å². The van der Waals surface area contributed by atoms with Crippen LogP contribution in [0, 0.1) is 11.5 Å². The molecule has 1 aliphatic rings. The van der Waals surface area contributed by atoms with Gasteiger partial charge >= 0.3 is 0 Å². The van der Waals surface area contributed by atoms with E-state index >= 15 is 0 Å². The quantitative estimate of drug-likeness (QED) is 0.279. The molecule has 6 heteroatoms. The maximum absolute atomic E-state index is 5.83. The van der Waals surface area contributed by atoms with E-state index in [1.54, 1.807) is 14.2 Å². The van der Waals surface area contributed by atoms with E-state index in [4.69, 9.17) is 18.9 Å². The van der Waals surface area contributed by atoms with Crippen molar-refractivity contribution < 1.29 is 18.9 Å². The second-order valence-electron chi connectivity index (χ2n) is 7.51. The zero-order valence-corrected chi connectivity index (χ0v) is 17.7. The second-order valence-corrected chi connectivity index (χ2v) is 12.3. The molecule has 5 nitrogen and oxygen atoms in total. The van der Waals surface area contributed by atoms with Crippen LogP contribution in [0.25, 0.3) is 0 Å². The highest BCUT2D eigenvalue weighted by Gasteiger charge is 2.29. The fraction of sp³-hybridized carbons (Fsp3) is 0.650. The summed E-state index contributed by atoms with van der Waals surface area (Å²) in [4.78, 5) is 4.60. The lowest BCUT2D eigenvalue weighted by molar-refractivity contribution is -0.119. The van der Waals surface area contributed by atoms with Crippen molar-refractivity contribution in [3.8, 4) is 17.2 Å². The van der Waals surface area contributed by atoms with Crippen molar-refractivity contribution in [1.82, 2.24) is 4.98 Å². The summed E-state index contributed by atoms with van der Waals surface area (Å²) in [6.07, 6.45) is 6.65. The molecule has 2 rings (SSSR count). The normalized spacial score (nSPS) is 16.1. The van der Waals surface area contributed by atoms with E-state index in [0.29, 0.717) is 6.61 Å².